The van der Waals surface area contributed by atoms with E-state index in [0.29, 0.717) is 50.6 Å². The van der Waals surface area contributed by atoms with Gasteiger partial charge in [-0.3, -0.25) is 19.8 Å². The minimum atomic E-state index is -0.397. The lowest BCUT2D eigenvalue weighted by Crippen LogP contribution is -2.46. The SMILES string of the molecule is O=C(c1ccc(N2CCN(Cc3ccc(Cl)cc3)CC2)c([N+](=O)[O-])c1)N1CCOCC1. The number of hydrogen-bond donors (Lipinski definition) is 0. The maximum Gasteiger partial charge on any atom is 0.293 e. The molecule has 2 aliphatic rings. The van der Waals surface area contributed by atoms with E-state index >= 15 is 0 Å². The Labute approximate surface area is 186 Å². The number of nitro benzene ring substituents is 1. The third-order valence-corrected chi connectivity index (χ3v) is 6.00. The Morgan fingerprint density at radius 3 is 2.32 bits per heavy atom. The number of rotatable bonds is 5. The number of nitro groups is 1. The van der Waals surface area contributed by atoms with E-state index in [1.165, 1.54) is 11.6 Å². The van der Waals surface area contributed by atoms with Gasteiger partial charge in [0.15, 0.2) is 0 Å². The third-order valence-electron chi connectivity index (χ3n) is 5.75. The van der Waals surface area contributed by atoms with Gasteiger partial charge in [-0.25, -0.2) is 0 Å². The average molecular weight is 445 g/mol. The summed E-state index contributed by atoms with van der Waals surface area (Å²) in [6.07, 6.45) is 0. The van der Waals surface area contributed by atoms with E-state index in [-0.39, 0.29) is 11.6 Å². The van der Waals surface area contributed by atoms with Crippen LogP contribution in [0.2, 0.25) is 5.02 Å². The largest absolute Gasteiger partial charge is 0.378 e. The minimum absolute atomic E-state index is 0.0229. The monoisotopic (exact) mass is 444 g/mol. The number of hydrogen-bond acceptors (Lipinski definition) is 6. The molecule has 2 heterocycles. The van der Waals surface area contributed by atoms with Crippen molar-refractivity contribution < 1.29 is 14.5 Å². The fourth-order valence-corrected chi connectivity index (χ4v) is 4.14. The van der Waals surface area contributed by atoms with Gasteiger partial charge in [0.05, 0.1) is 18.1 Å². The molecule has 0 aromatic heterocycles. The molecule has 1 amide bonds. The molecule has 2 saturated heterocycles. The Morgan fingerprint density at radius 2 is 1.68 bits per heavy atom. The quantitative estimate of drug-likeness (QED) is 0.521. The number of piperazine rings is 1. The molecular weight excluding hydrogens is 420 g/mol. The predicted molar refractivity (Wildman–Crippen MR) is 119 cm³/mol. The van der Waals surface area contributed by atoms with Crippen molar-refractivity contribution >= 4 is 28.9 Å². The maximum absolute atomic E-state index is 12.7. The molecule has 2 aromatic carbocycles. The van der Waals surface area contributed by atoms with Crippen LogP contribution >= 0.6 is 11.6 Å². The Balaban J connectivity index is 1.43. The molecule has 4 rings (SSSR count). The Kier molecular flexibility index (Phi) is 6.70. The first-order valence-electron chi connectivity index (χ1n) is 10.4. The zero-order chi connectivity index (χ0) is 21.8. The number of benzene rings is 2. The molecule has 0 aliphatic carbocycles. The summed E-state index contributed by atoms with van der Waals surface area (Å²) in [4.78, 5) is 30.1. The molecule has 164 valence electrons. The van der Waals surface area contributed by atoms with Crippen molar-refractivity contribution in [3.05, 3.63) is 68.7 Å². The number of nitrogens with zero attached hydrogens (tertiary/aromatic N) is 4. The fourth-order valence-electron chi connectivity index (χ4n) is 4.01. The second kappa shape index (κ2) is 9.64. The molecule has 9 heteroatoms. The van der Waals surface area contributed by atoms with Gasteiger partial charge in [0.2, 0.25) is 0 Å². The number of carbonyl (C=O) groups excluding carboxylic acids is 1. The van der Waals surface area contributed by atoms with Gasteiger partial charge in [0, 0.05) is 62.5 Å². The van der Waals surface area contributed by atoms with Crippen LogP contribution < -0.4 is 4.90 Å². The molecule has 2 fully saturated rings. The molecule has 0 spiro atoms. The van der Waals surface area contributed by atoms with Crippen LogP contribution in [0.1, 0.15) is 15.9 Å². The number of ether oxygens (including phenoxy) is 1. The highest BCUT2D eigenvalue weighted by atomic mass is 35.5. The van der Waals surface area contributed by atoms with Gasteiger partial charge < -0.3 is 14.5 Å². The standard InChI is InChI=1S/C22H25ClN4O4/c23-19-4-1-17(2-5-19)16-24-7-9-25(10-8-24)20-6-3-18(15-21(20)27(29)30)22(28)26-11-13-31-14-12-26/h1-6,15H,7-14,16H2. The molecule has 0 bridgehead atoms. The van der Waals surface area contributed by atoms with Crippen molar-refractivity contribution in [2.45, 2.75) is 6.54 Å². The molecule has 2 aliphatic heterocycles. The first-order valence-corrected chi connectivity index (χ1v) is 10.8. The lowest BCUT2D eigenvalue weighted by Gasteiger charge is -2.36. The summed E-state index contributed by atoms with van der Waals surface area (Å²) in [5.41, 5.74) is 2.08. The van der Waals surface area contributed by atoms with E-state index < -0.39 is 4.92 Å². The fraction of sp³-hybridized carbons (Fsp3) is 0.409. The molecule has 0 unspecified atom stereocenters. The molecule has 0 radical (unpaired) electrons. The van der Waals surface area contributed by atoms with E-state index in [4.69, 9.17) is 16.3 Å². The third kappa shape index (κ3) is 5.15. The minimum Gasteiger partial charge on any atom is -0.378 e. The summed E-state index contributed by atoms with van der Waals surface area (Å²) in [5.74, 6) is -0.189. The van der Waals surface area contributed by atoms with Gasteiger partial charge in [0.1, 0.15) is 5.69 Å². The van der Waals surface area contributed by atoms with Crippen LogP contribution in [0.4, 0.5) is 11.4 Å². The van der Waals surface area contributed by atoms with Crippen LogP contribution in [-0.2, 0) is 11.3 Å². The highest BCUT2D eigenvalue weighted by Gasteiger charge is 2.27. The number of halogens is 1. The second-order valence-electron chi connectivity index (χ2n) is 7.75. The first kappa shape index (κ1) is 21.5. The lowest BCUT2D eigenvalue weighted by molar-refractivity contribution is -0.384. The van der Waals surface area contributed by atoms with E-state index in [2.05, 4.69) is 4.90 Å². The van der Waals surface area contributed by atoms with Gasteiger partial charge >= 0.3 is 0 Å². The molecule has 0 saturated carbocycles. The molecule has 2 aromatic rings. The Hall–Kier alpha value is -2.68. The number of amides is 1. The zero-order valence-electron chi connectivity index (χ0n) is 17.2. The Bertz CT molecular complexity index is 939. The van der Waals surface area contributed by atoms with Crippen LogP contribution in [0.3, 0.4) is 0 Å². The number of carbonyl (C=O) groups is 1. The van der Waals surface area contributed by atoms with Crippen molar-refractivity contribution in [3.63, 3.8) is 0 Å². The lowest BCUT2D eigenvalue weighted by atomic mass is 10.1. The predicted octanol–water partition coefficient (Wildman–Crippen LogP) is 3.04. The van der Waals surface area contributed by atoms with Crippen molar-refractivity contribution in [2.24, 2.45) is 0 Å². The van der Waals surface area contributed by atoms with Crippen molar-refractivity contribution in [2.75, 3.05) is 57.4 Å². The van der Waals surface area contributed by atoms with Crippen molar-refractivity contribution in [1.29, 1.82) is 0 Å². The summed E-state index contributed by atoms with van der Waals surface area (Å²) in [7, 11) is 0. The van der Waals surface area contributed by atoms with Crippen LogP contribution in [0.15, 0.2) is 42.5 Å². The van der Waals surface area contributed by atoms with Crippen LogP contribution in [0.25, 0.3) is 0 Å². The summed E-state index contributed by atoms with van der Waals surface area (Å²) in [5, 5.41) is 12.5. The summed E-state index contributed by atoms with van der Waals surface area (Å²) in [6, 6.07) is 12.6. The molecule has 8 nitrogen and oxygen atoms in total. The smallest absolute Gasteiger partial charge is 0.293 e. The number of anilines is 1. The average Bonchev–Trinajstić information content (AvgIpc) is 2.81. The maximum atomic E-state index is 12.7. The van der Waals surface area contributed by atoms with E-state index in [1.807, 2.05) is 29.2 Å². The first-order chi connectivity index (χ1) is 15.0. The molecule has 0 atom stereocenters. The Morgan fingerprint density at radius 1 is 1.00 bits per heavy atom. The van der Waals surface area contributed by atoms with Gasteiger partial charge in [0.25, 0.3) is 11.6 Å². The zero-order valence-corrected chi connectivity index (χ0v) is 18.0. The van der Waals surface area contributed by atoms with Gasteiger partial charge in [-0.15, -0.1) is 0 Å². The molecule has 31 heavy (non-hydrogen) atoms. The topological polar surface area (TPSA) is 79.2 Å². The van der Waals surface area contributed by atoms with Crippen molar-refractivity contribution in [3.8, 4) is 0 Å². The molecule has 0 N–H and O–H groups in total. The number of morpholine rings is 1. The van der Waals surface area contributed by atoms with Crippen LogP contribution in [0, 0.1) is 10.1 Å². The molecular formula is C22H25ClN4O4. The van der Waals surface area contributed by atoms with Crippen molar-refractivity contribution in [1.82, 2.24) is 9.80 Å². The van der Waals surface area contributed by atoms with E-state index in [9.17, 15) is 14.9 Å². The second-order valence-corrected chi connectivity index (χ2v) is 8.19. The van der Waals surface area contributed by atoms with Gasteiger partial charge in [-0.2, -0.15) is 0 Å². The highest BCUT2D eigenvalue weighted by molar-refractivity contribution is 6.30. The van der Waals surface area contributed by atoms with Gasteiger partial charge in [-0.05, 0) is 29.8 Å². The summed E-state index contributed by atoms with van der Waals surface area (Å²) < 4.78 is 5.28. The highest BCUT2D eigenvalue weighted by Crippen LogP contribution is 2.31. The van der Waals surface area contributed by atoms with Crippen LogP contribution in [0.5, 0.6) is 0 Å². The summed E-state index contributed by atoms with van der Waals surface area (Å²) >= 11 is 5.95. The van der Waals surface area contributed by atoms with E-state index in [1.54, 1.807) is 17.0 Å². The van der Waals surface area contributed by atoms with E-state index in [0.717, 1.165) is 24.7 Å². The van der Waals surface area contributed by atoms with Gasteiger partial charge in [-0.1, -0.05) is 23.7 Å². The summed E-state index contributed by atoms with van der Waals surface area (Å²) in [6.45, 7) is 5.78. The van der Waals surface area contributed by atoms with Crippen LogP contribution in [-0.4, -0.2) is 73.1 Å². The normalized spacial score (nSPS) is 17.6.